The normalized spacial score (nSPS) is 12.7. The van der Waals surface area contributed by atoms with Gasteiger partial charge in [-0.1, -0.05) is 20.8 Å². The third-order valence-electron chi connectivity index (χ3n) is 4.22. The van der Waals surface area contributed by atoms with E-state index >= 15 is 0 Å². The lowest BCUT2D eigenvalue weighted by atomic mass is 10.0. The molecule has 1 aromatic heterocycles. The van der Waals surface area contributed by atoms with Crippen LogP contribution in [0.1, 0.15) is 52.7 Å². The first-order chi connectivity index (χ1) is 13.4. The SMILES string of the molecule is CCc1cc(=O)oc2cc(C)cc(OC(=O)C(NC(=O)OC(C)(C)C)C(C)C)c12. The van der Waals surface area contributed by atoms with Crippen molar-refractivity contribution in [2.24, 2.45) is 5.92 Å². The van der Waals surface area contributed by atoms with Crippen molar-refractivity contribution in [3.8, 4) is 5.75 Å². The molecule has 29 heavy (non-hydrogen) atoms. The van der Waals surface area contributed by atoms with Crippen molar-refractivity contribution in [2.75, 3.05) is 0 Å². The molecule has 1 unspecified atom stereocenters. The number of rotatable bonds is 5. The summed E-state index contributed by atoms with van der Waals surface area (Å²) in [6.45, 7) is 12.5. The van der Waals surface area contributed by atoms with E-state index in [1.54, 1.807) is 46.8 Å². The Hall–Kier alpha value is -2.83. The molecule has 1 N–H and O–H groups in total. The van der Waals surface area contributed by atoms with Crippen LogP contribution in [0.3, 0.4) is 0 Å². The molecule has 0 aliphatic heterocycles. The van der Waals surface area contributed by atoms with E-state index in [4.69, 9.17) is 13.9 Å². The number of esters is 1. The molecule has 0 saturated heterocycles. The molecule has 7 nitrogen and oxygen atoms in total. The second kappa shape index (κ2) is 8.68. The Kier molecular flexibility index (Phi) is 6.72. The number of hydrogen-bond acceptors (Lipinski definition) is 6. The van der Waals surface area contributed by atoms with Gasteiger partial charge in [0.1, 0.15) is 23.0 Å². The molecule has 0 spiro atoms. The number of benzene rings is 1. The highest BCUT2D eigenvalue weighted by molar-refractivity contribution is 5.91. The Morgan fingerprint density at radius 1 is 1.17 bits per heavy atom. The Bertz CT molecular complexity index is 968. The van der Waals surface area contributed by atoms with Crippen LogP contribution in [0.2, 0.25) is 0 Å². The number of nitrogens with one attached hydrogen (secondary N) is 1. The zero-order chi connectivity index (χ0) is 21.9. The number of ether oxygens (including phenoxy) is 2. The summed E-state index contributed by atoms with van der Waals surface area (Å²) in [6.07, 6.45) is -0.123. The van der Waals surface area contributed by atoms with Crippen molar-refractivity contribution in [3.05, 3.63) is 39.7 Å². The monoisotopic (exact) mass is 403 g/mol. The minimum absolute atomic E-state index is 0.227. The minimum Gasteiger partial charge on any atom is -0.444 e. The number of amides is 1. The molecule has 158 valence electrons. The van der Waals surface area contributed by atoms with Crippen LogP contribution >= 0.6 is 0 Å². The molecule has 0 aliphatic carbocycles. The van der Waals surface area contributed by atoms with E-state index in [0.717, 1.165) is 11.1 Å². The van der Waals surface area contributed by atoms with Crippen LogP contribution in [0.15, 0.2) is 27.4 Å². The summed E-state index contributed by atoms with van der Waals surface area (Å²) in [5.41, 5.74) is 0.718. The summed E-state index contributed by atoms with van der Waals surface area (Å²) in [6, 6.07) is 3.94. The average Bonchev–Trinajstić information content (AvgIpc) is 2.56. The zero-order valence-electron chi connectivity index (χ0n) is 18.0. The van der Waals surface area contributed by atoms with Crippen molar-refractivity contribution >= 4 is 23.0 Å². The maximum absolute atomic E-state index is 12.9. The predicted octanol–water partition coefficient (Wildman–Crippen LogP) is 4.12. The van der Waals surface area contributed by atoms with E-state index in [2.05, 4.69) is 5.32 Å². The van der Waals surface area contributed by atoms with Crippen molar-refractivity contribution in [1.29, 1.82) is 0 Å². The smallest absolute Gasteiger partial charge is 0.408 e. The van der Waals surface area contributed by atoms with Gasteiger partial charge >= 0.3 is 17.7 Å². The lowest BCUT2D eigenvalue weighted by molar-refractivity contribution is -0.137. The third kappa shape index (κ3) is 5.82. The molecule has 0 saturated carbocycles. The quantitative estimate of drug-likeness (QED) is 0.458. The van der Waals surface area contributed by atoms with Crippen LogP contribution in [-0.2, 0) is 16.0 Å². The average molecular weight is 403 g/mol. The Balaban J connectivity index is 2.38. The molecular weight excluding hydrogens is 374 g/mol. The summed E-state index contributed by atoms with van der Waals surface area (Å²) >= 11 is 0. The number of carbonyl (C=O) groups is 2. The van der Waals surface area contributed by atoms with Crippen molar-refractivity contribution < 1.29 is 23.5 Å². The lowest BCUT2D eigenvalue weighted by Gasteiger charge is -2.24. The Morgan fingerprint density at radius 3 is 2.38 bits per heavy atom. The van der Waals surface area contributed by atoms with Gasteiger partial charge in [0.15, 0.2) is 0 Å². The summed E-state index contributed by atoms with van der Waals surface area (Å²) < 4.78 is 16.2. The second-order valence-electron chi connectivity index (χ2n) is 8.37. The number of carbonyl (C=O) groups excluding carboxylic acids is 2. The molecule has 7 heteroatoms. The van der Waals surface area contributed by atoms with Crippen LogP contribution in [0.5, 0.6) is 5.75 Å². The van der Waals surface area contributed by atoms with E-state index in [1.165, 1.54) is 6.07 Å². The molecular formula is C22H29NO6. The summed E-state index contributed by atoms with van der Waals surface area (Å²) in [7, 11) is 0. The van der Waals surface area contributed by atoms with E-state index in [0.29, 0.717) is 23.1 Å². The van der Waals surface area contributed by atoms with E-state index < -0.39 is 29.3 Å². The number of aryl methyl sites for hydroxylation is 2. The highest BCUT2D eigenvalue weighted by atomic mass is 16.6. The van der Waals surface area contributed by atoms with Crippen LogP contribution in [0, 0.1) is 12.8 Å². The van der Waals surface area contributed by atoms with E-state index in [9.17, 15) is 14.4 Å². The summed E-state index contributed by atoms with van der Waals surface area (Å²) in [4.78, 5) is 36.8. The lowest BCUT2D eigenvalue weighted by Crippen LogP contribution is -2.48. The predicted molar refractivity (Wildman–Crippen MR) is 110 cm³/mol. The second-order valence-corrected chi connectivity index (χ2v) is 8.37. The number of hydrogen-bond donors (Lipinski definition) is 1. The summed E-state index contributed by atoms with van der Waals surface area (Å²) in [5.74, 6) is -0.553. The van der Waals surface area contributed by atoms with Crippen molar-refractivity contribution in [1.82, 2.24) is 5.32 Å². The number of fused-ring (bicyclic) bond motifs is 1. The van der Waals surface area contributed by atoms with Crippen LogP contribution in [-0.4, -0.2) is 23.7 Å². The maximum atomic E-state index is 12.9. The maximum Gasteiger partial charge on any atom is 0.408 e. The van der Waals surface area contributed by atoms with Gasteiger partial charge in [0.05, 0.1) is 5.39 Å². The van der Waals surface area contributed by atoms with Crippen LogP contribution < -0.4 is 15.7 Å². The molecule has 0 aliphatic rings. The zero-order valence-corrected chi connectivity index (χ0v) is 18.0. The fourth-order valence-corrected chi connectivity index (χ4v) is 2.93. The highest BCUT2D eigenvalue weighted by Crippen LogP contribution is 2.30. The molecule has 0 bridgehead atoms. The van der Waals surface area contributed by atoms with Gasteiger partial charge in [0, 0.05) is 6.07 Å². The molecule has 2 aromatic rings. The van der Waals surface area contributed by atoms with Gasteiger partial charge in [0.25, 0.3) is 0 Å². The molecule has 2 rings (SSSR count). The fourth-order valence-electron chi connectivity index (χ4n) is 2.93. The van der Waals surface area contributed by atoms with Gasteiger partial charge in [-0.15, -0.1) is 0 Å². The molecule has 1 heterocycles. The standard InChI is InChI=1S/C22H29NO6/c1-8-14-11-17(24)27-15-9-13(4)10-16(18(14)15)28-20(25)19(12(2)3)23-21(26)29-22(5,6)7/h9-12,19H,8H2,1-7H3,(H,23,26). The van der Waals surface area contributed by atoms with Gasteiger partial charge in [-0.25, -0.2) is 14.4 Å². The fraction of sp³-hybridized carbons (Fsp3) is 0.500. The largest absolute Gasteiger partial charge is 0.444 e. The molecule has 1 amide bonds. The Morgan fingerprint density at radius 2 is 1.83 bits per heavy atom. The van der Waals surface area contributed by atoms with Gasteiger partial charge in [-0.2, -0.15) is 0 Å². The van der Waals surface area contributed by atoms with E-state index in [-0.39, 0.29) is 5.92 Å². The van der Waals surface area contributed by atoms with Crippen molar-refractivity contribution in [3.63, 3.8) is 0 Å². The first-order valence-electron chi connectivity index (χ1n) is 9.70. The van der Waals surface area contributed by atoms with Crippen molar-refractivity contribution in [2.45, 2.75) is 66.5 Å². The third-order valence-corrected chi connectivity index (χ3v) is 4.22. The van der Waals surface area contributed by atoms with Gasteiger partial charge in [-0.3, -0.25) is 0 Å². The van der Waals surface area contributed by atoms with Gasteiger partial charge in [-0.05, 0) is 63.3 Å². The first kappa shape index (κ1) is 22.5. The molecule has 1 aromatic carbocycles. The Labute approximate surface area is 170 Å². The minimum atomic E-state index is -0.902. The number of alkyl carbamates (subject to hydrolysis) is 1. The van der Waals surface area contributed by atoms with Gasteiger partial charge in [0.2, 0.25) is 0 Å². The van der Waals surface area contributed by atoms with Crippen LogP contribution in [0.25, 0.3) is 11.0 Å². The highest BCUT2D eigenvalue weighted by Gasteiger charge is 2.29. The van der Waals surface area contributed by atoms with Crippen LogP contribution in [0.4, 0.5) is 4.79 Å². The molecule has 1 atom stereocenters. The van der Waals surface area contributed by atoms with E-state index in [1.807, 2.05) is 13.8 Å². The topological polar surface area (TPSA) is 94.8 Å². The van der Waals surface area contributed by atoms with Gasteiger partial charge < -0.3 is 19.2 Å². The molecule has 0 radical (unpaired) electrons. The molecule has 0 fully saturated rings. The summed E-state index contributed by atoms with van der Waals surface area (Å²) in [5, 5.41) is 3.16. The first-order valence-corrected chi connectivity index (χ1v) is 9.70.